The second kappa shape index (κ2) is 5.13. The van der Waals surface area contributed by atoms with Gasteiger partial charge in [0, 0.05) is 26.7 Å². The van der Waals surface area contributed by atoms with Crippen molar-refractivity contribution < 1.29 is 28.6 Å². The monoisotopic (exact) mass is 308 g/mol. The summed E-state index contributed by atoms with van der Waals surface area (Å²) in [5.74, 6) is -1.89. The number of hydrogen-bond donors (Lipinski definition) is 2. The number of nitrogens with zero attached hydrogens (tertiary/aromatic N) is 1. The average molecular weight is 308 g/mol. The van der Waals surface area contributed by atoms with E-state index >= 15 is 0 Å². The molecule has 0 bridgehead atoms. The molecule has 0 radical (unpaired) electrons. The van der Waals surface area contributed by atoms with Crippen LogP contribution in [0, 0.1) is 11.3 Å². The van der Waals surface area contributed by atoms with Gasteiger partial charge in [0.2, 0.25) is 5.91 Å². The van der Waals surface area contributed by atoms with Gasteiger partial charge in [-0.05, 0) is 12.1 Å². The number of carboxylic acids is 1. The van der Waals surface area contributed by atoms with E-state index in [0.717, 1.165) is 0 Å². The number of aliphatic carboxylic acids is 1. The van der Waals surface area contributed by atoms with Crippen LogP contribution in [-0.2, 0) is 20.9 Å². The molecule has 0 saturated carbocycles. The first-order valence-corrected chi connectivity index (χ1v) is 6.86. The Hall–Kier alpha value is -2.35. The second-order valence-corrected chi connectivity index (χ2v) is 5.62. The molecule has 1 aromatic rings. The minimum absolute atomic E-state index is 0.00904. The Morgan fingerprint density at radius 3 is 2.95 bits per heavy atom. The maximum Gasteiger partial charge on any atom is 0.314 e. The third-order valence-electron chi connectivity index (χ3n) is 4.31. The summed E-state index contributed by atoms with van der Waals surface area (Å²) in [5, 5.41) is 12.0. The number of methoxy groups -OCH3 is 1. The fourth-order valence-electron chi connectivity index (χ4n) is 3.11. The first-order valence-electron chi connectivity index (χ1n) is 6.86. The molecule has 2 N–H and O–H groups in total. The van der Waals surface area contributed by atoms with Crippen molar-refractivity contribution in [2.45, 2.75) is 6.61 Å². The number of rotatable bonds is 4. The van der Waals surface area contributed by atoms with Gasteiger partial charge in [0.05, 0.1) is 5.92 Å². The zero-order valence-corrected chi connectivity index (χ0v) is 12.0. The number of carboxylic acid groups (broad SMARTS) is 1. The zero-order valence-electron chi connectivity index (χ0n) is 12.0. The number of furan rings is 1. The fraction of sp³-hybridized carbons (Fsp3) is 0.500. The van der Waals surface area contributed by atoms with Crippen LogP contribution in [0.1, 0.15) is 16.3 Å². The number of fused-ring (bicyclic) bond motifs is 1. The lowest BCUT2D eigenvalue weighted by atomic mass is 9.81. The van der Waals surface area contributed by atoms with E-state index in [4.69, 9.17) is 9.15 Å². The van der Waals surface area contributed by atoms with Crippen LogP contribution in [-0.4, -0.2) is 54.5 Å². The van der Waals surface area contributed by atoms with Crippen LogP contribution in [0.4, 0.5) is 0 Å². The third-order valence-corrected chi connectivity index (χ3v) is 4.31. The molecule has 22 heavy (non-hydrogen) atoms. The number of likely N-dealkylation sites (tertiary alicyclic amines) is 1. The number of hydrogen-bond acceptors (Lipinski definition) is 5. The van der Waals surface area contributed by atoms with Gasteiger partial charge < -0.3 is 24.5 Å². The van der Waals surface area contributed by atoms with Crippen molar-refractivity contribution in [1.82, 2.24) is 10.2 Å². The minimum Gasteiger partial charge on any atom is -0.481 e. The molecule has 0 unspecified atom stereocenters. The summed E-state index contributed by atoms with van der Waals surface area (Å²) in [7, 11) is 1.51. The van der Waals surface area contributed by atoms with Crippen LogP contribution >= 0.6 is 0 Å². The summed E-state index contributed by atoms with van der Waals surface area (Å²) in [6.07, 6.45) is 0. The normalized spacial score (nSPS) is 26.9. The van der Waals surface area contributed by atoms with Gasteiger partial charge in [-0.3, -0.25) is 14.4 Å². The highest BCUT2D eigenvalue weighted by atomic mass is 16.5. The molecule has 0 aromatic carbocycles. The lowest BCUT2D eigenvalue weighted by Crippen LogP contribution is -2.41. The number of carbonyl (C=O) groups is 3. The Morgan fingerprint density at radius 1 is 1.55 bits per heavy atom. The van der Waals surface area contributed by atoms with Gasteiger partial charge in [0.1, 0.15) is 17.8 Å². The predicted octanol–water partition coefficient (Wildman–Crippen LogP) is -0.301. The molecule has 8 heteroatoms. The molecule has 3 rings (SSSR count). The van der Waals surface area contributed by atoms with Crippen LogP contribution < -0.4 is 5.32 Å². The fourth-order valence-corrected chi connectivity index (χ4v) is 3.11. The number of nitrogens with one attached hydrogen (secondary N) is 1. The summed E-state index contributed by atoms with van der Waals surface area (Å²) in [5.41, 5.74) is -1.24. The van der Waals surface area contributed by atoms with Crippen LogP contribution in [0.15, 0.2) is 16.5 Å². The Bertz CT molecular complexity index is 639. The quantitative estimate of drug-likeness (QED) is 0.790. The standard InChI is InChI=1S/C14H16N2O6/c1-21-5-8-2-3-10(22-8)12(18)16-4-9-11(17)15-6-14(9,7-16)13(19)20/h2-3,9H,4-7H2,1H3,(H,15,17)(H,19,20)/t9-,14+/m1/s1. The largest absolute Gasteiger partial charge is 0.481 e. The van der Waals surface area contributed by atoms with Crippen LogP contribution in [0.2, 0.25) is 0 Å². The zero-order chi connectivity index (χ0) is 15.9. The van der Waals surface area contributed by atoms with Crippen LogP contribution in [0.5, 0.6) is 0 Å². The van der Waals surface area contributed by atoms with E-state index < -0.39 is 23.2 Å². The number of ether oxygens (including phenoxy) is 1. The van der Waals surface area contributed by atoms with E-state index in [9.17, 15) is 19.5 Å². The summed E-state index contributed by atoms with van der Waals surface area (Å²) in [4.78, 5) is 37.2. The van der Waals surface area contributed by atoms with Gasteiger partial charge in [-0.2, -0.15) is 0 Å². The maximum absolute atomic E-state index is 12.4. The smallest absolute Gasteiger partial charge is 0.314 e. The van der Waals surface area contributed by atoms with E-state index in [-0.39, 0.29) is 37.9 Å². The maximum atomic E-state index is 12.4. The van der Waals surface area contributed by atoms with Gasteiger partial charge in [-0.25, -0.2) is 0 Å². The lowest BCUT2D eigenvalue weighted by Gasteiger charge is -2.21. The Balaban J connectivity index is 1.80. The Labute approximate surface area is 126 Å². The van der Waals surface area contributed by atoms with Crippen molar-refractivity contribution in [3.8, 4) is 0 Å². The Kier molecular flexibility index (Phi) is 3.40. The first-order chi connectivity index (χ1) is 10.5. The number of carbonyl (C=O) groups excluding carboxylic acids is 2. The molecular weight excluding hydrogens is 292 g/mol. The van der Waals surface area contributed by atoms with Crippen molar-refractivity contribution in [1.29, 1.82) is 0 Å². The van der Waals surface area contributed by atoms with Crippen molar-refractivity contribution in [2.24, 2.45) is 11.3 Å². The minimum atomic E-state index is -1.24. The van der Waals surface area contributed by atoms with E-state index in [2.05, 4.69) is 5.32 Å². The highest BCUT2D eigenvalue weighted by molar-refractivity contribution is 5.97. The second-order valence-electron chi connectivity index (χ2n) is 5.62. The van der Waals surface area contributed by atoms with Crippen molar-refractivity contribution in [3.05, 3.63) is 23.7 Å². The molecule has 3 heterocycles. The summed E-state index contributed by atoms with van der Waals surface area (Å²) >= 11 is 0. The van der Waals surface area contributed by atoms with Crippen LogP contribution in [0.25, 0.3) is 0 Å². The third kappa shape index (κ3) is 2.07. The molecule has 118 valence electrons. The average Bonchev–Trinajstić information content (AvgIpc) is 3.15. The van der Waals surface area contributed by atoms with Crippen molar-refractivity contribution in [2.75, 3.05) is 26.7 Å². The predicted molar refractivity (Wildman–Crippen MR) is 71.9 cm³/mol. The lowest BCUT2D eigenvalue weighted by molar-refractivity contribution is -0.149. The highest BCUT2D eigenvalue weighted by Gasteiger charge is 2.60. The van der Waals surface area contributed by atoms with E-state index in [0.29, 0.717) is 5.76 Å². The molecule has 2 fully saturated rings. The van der Waals surface area contributed by atoms with Crippen molar-refractivity contribution in [3.63, 3.8) is 0 Å². The number of amides is 2. The molecule has 2 saturated heterocycles. The molecule has 2 aliphatic rings. The molecule has 1 aromatic heterocycles. The van der Waals surface area contributed by atoms with Gasteiger partial charge in [-0.1, -0.05) is 0 Å². The summed E-state index contributed by atoms with van der Waals surface area (Å²) in [6, 6.07) is 3.16. The molecule has 2 atom stereocenters. The molecule has 8 nitrogen and oxygen atoms in total. The molecule has 2 amide bonds. The Morgan fingerprint density at radius 2 is 2.32 bits per heavy atom. The van der Waals surface area contributed by atoms with Gasteiger partial charge in [0.15, 0.2) is 5.76 Å². The van der Waals surface area contributed by atoms with E-state index in [1.165, 1.54) is 18.1 Å². The SMILES string of the molecule is COCc1ccc(C(=O)N2C[C@@H]3C(=O)NC[C@]3(C(=O)O)C2)o1. The highest BCUT2D eigenvalue weighted by Crippen LogP contribution is 2.40. The first kappa shape index (κ1) is 14.6. The van der Waals surface area contributed by atoms with Crippen molar-refractivity contribution >= 4 is 17.8 Å². The van der Waals surface area contributed by atoms with Gasteiger partial charge in [0.25, 0.3) is 5.91 Å². The molecule has 0 aliphatic carbocycles. The van der Waals surface area contributed by atoms with Gasteiger partial charge >= 0.3 is 5.97 Å². The van der Waals surface area contributed by atoms with E-state index in [1.54, 1.807) is 6.07 Å². The molecule has 0 spiro atoms. The molecule has 2 aliphatic heterocycles. The van der Waals surface area contributed by atoms with Gasteiger partial charge in [-0.15, -0.1) is 0 Å². The van der Waals surface area contributed by atoms with E-state index in [1.807, 2.05) is 0 Å². The molecular formula is C14H16N2O6. The summed E-state index contributed by atoms with van der Waals surface area (Å²) in [6.45, 7) is 0.363. The van der Waals surface area contributed by atoms with Crippen LogP contribution in [0.3, 0.4) is 0 Å². The summed E-state index contributed by atoms with van der Waals surface area (Å²) < 4.78 is 10.3. The topological polar surface area (TPSA) is 109 Å².